The normalized spacial score (nSPS) is 20.2. The van der Waals surface area contributed by atoms with Gasteiger partial charge in [0.2, 0.25) is 0 Å². The van der Waals surface area contributed by atoms with Crippen LogP contribution in [0.1, 0.15) is 35.3 Å². The Morgan fingerprint density at radius 3 is 2.79 bits per heavy atom. The van der Waals surface area contributed by atoms with Gasteiger partial charge >= 0.3 is 0 Å². The topological polar surface area (TPSA) is 111 Å². The molecule has 4 heterocycles. The Morgan fingerprint density at radius 2 is 2.00 bits per heavy atom. The van der Waals surface area contributed by atoms with E-state index in [-0.39, 0.29) is 30.2 Å². The van der Waals surface area contributed by atoms with Crippen molar-refractivity contribution in [2.45, 2.75) is 31.6 Å². The van der Waals surface area contributed by atoms with Crippen LogP contribution in [0.25, 0.3) is 0 Å². The molecule has 0 bridgehead atoms. The molecule has 172 valence electrons. The molecule has 0 aliphatic carbocycles. The summed E-state index contributed by atoms with van der Waals surface area (Å²) in [6.45, 7) is 2.20. The minimum atomic E-state index is -1.12. The number of ether oxygens (including phenoxy) is 2. The lowest BCUT2D eigenvalue weighted by Crippen LogP contribution is -2.51. The fraction of sp³-hybridized carbons (Fsp3) is 0.318. The number of hydrogen-bond acceptors (Lipinski definition) is 8. The zero-order valence-electron chi connectivity index (χ0n) is 17.7. The summed E-state index contributed by atoms with van der Waals surface area (Å²) in [5.74, 6) is -0.370. The van der Waals surface area contributed by atoms with Gasteiger partial charge in [0.15, 0.2) is 5.75 Å². The molecule has 0 spiro atoms. The summed E-state index contributed by atoms with van der Waals surface area (Å²) in [6.07, 6.45) is 7.21. The van der Waals surface area contributed by atoms with Gasteiger partial charge in [0, 0.05) is 37.6 Å². The van der Waals surface area contributed by atoms with Crippen molar-refractivity contribution in [2.24, 2.45) is 0 Å². The van der Waals surface area contributed by atoms with Gasteiger partial charge in [-0.15, -0.1) is 0 Å². The molecule has 1 unspecified atom stereocenters. The van der Waals surface area contributed by atoms with E-state index in [0.29, 0.717) is 17.9 Å². The van der Waals surface area contributed by atoms with Crippen molar-refractivity contribution in [3.63, 3.8) is 0 Å². The summed E-state index contributed by atoms with van der Waals surface area (Å²) < 4.78 is 38.9. The average molecular weight is 456 g/mol. The Hall–Kier alpha value is -3.73. The highest BCUT2D eigenvalue weighted by molar-refractivity contribution is 5.93. The van der Waals surface area contributed by atoms with Crippen molar-refractivity contribution in [1.82, 2.24) is 30.6 Å². The van der Waals surface area contributed by atoms with E-state index in [1.807, 2.05) is 0 Å². The predicted octanol–water partition coefficient (Wildman–Crippen LogP) is 2.77. The van der Waals surface area contributed by atoms with Crippen LogP contribution in [0.4, 0.5) is 8.78 Å². The number of alkyl halides is 1. The van der Waals surface area contributed by atoms with E-state index >= 15 is 0 Å². The Labute approximate surface area is 188 Å². The van der Waals surface area contributed by atoms with Crippen LogP contribution in [0.3, 0.4) is 0 Å². The Bertz CT molecular complexity index is 1100. The maximum atomic E-state index is 14.2. The summed E-state index contributed by atoms with van der Waals surface area (Å²) in [4.78, 5) is 28.4. The molecule has 3 aromatic heterocycles. The second kappa shape index (κ2) is 10.3. The first-order chi connectivity index (χ1) is 16.0. The smallest absolute Gasteiger partial charge is 0.262 e. The van der Waals surface area contributed by atoms with E-state index in [1.165, 1.54) is 31.0 Å². The number of nitrogens with zero attached hydrogens (tertiary/aromatic N) is 4. The van der Waals surface area contributed by atoms with Crippen LogP contribution in [0.2, 0.25) is 0 Å². The fourth-order valence-corrected chi connectivity index (χ4v) is 3.57. The summed E-state index contributed by atoms with van der Waals surface area (Å²) in [5.41, 5.74) is 0.951. The molecule has 33 heavy (non-hydrogen) atoms. The number of nitrogens with one attached hydrogen (secondary N) is 2. The number of amides is 1. The van der Waals surface area contributed by atoms with Crippen molar-refractivity contribution in [1.29, 1.82) is 0 Å². The van der Waals surface area contributed by atoms with Gasteiger partial charge in [0.1, 0.15) is 24.1 Å². The number of rotatable bonds is 7. The van der Waals surface area contributed by atoms with Gasteiger partial charge in [-0.1, -0.05) is 0 Å². The first-order valence-corrected chi connectivity index (χ1v) is 10.4. The maximum absolute atomic E-state index is 14.2. The highest BCUT2D eigenvalue weighted by Gasteiger charge is 2.33. The molecule has 11 heteroatoms. The third kappa shape index (κ3) is 5.55. The highest BCUT2D eigenvalue weighted by atomic mass is 19.1. The second-order valence-corrected chi connectivity index (χ2v) is 7.37. The lowest BCUT2D eigenvalue weighted by Gasteiger charge is -2.35. The van der Waals surface area contributed by atoms with Gasteiger partial charge in [-0.3, -0.25) is 9.78 Å². The number of carbonyl (C=O) groups is 1. The standard InChI is InChI=1S/C22H22F2N6O3/c1-2-32-19-5-16(24)10-29-22(19)33-17-3-13(6-25-11-17)20-18(4-15(23)9-28-20)30-21(31)14-7-26-12-27-8-14/h3,5-8,10-12,15,18,20,28H,2,4,9H2,1H3,(H,30,31)/t15-,18-,20?/m0/s1. The molecule has 4 rings (SSSR count). The fourth-order valence-electron chi connectivity index (χ4n) is 3.57. The molecule has 2 N–H and O–H groups in total. The van der Waals surface area contributed by atoms with Crippen molar-refractivity contribution >= 4 is 5.91 Å². The Morgan fingerprint density at radius 1 is 1.18 bits per heavy atom. The summed E-state index contributed by atoms with van der Waals surface area (Å²) in [7, 11) is 0. The quantitative estimate of drug-likeness (QED) is 0.558. The maximum Gasteiger partial charge on any atom is 0.262 e. The second-order valence-electron chi connectivity index (χ2n) is 7.37. The minimum Gasteiger partial charge on any atom is -0.488 e. The number of hydrogen-bond donors (Lipinski definition) is 2. The van der Waals surface area contributed by atoms with Crippen LogP contribution in [-0.4, -0.2) is 51.2 Å². The third-order valence-electron chi connectivity index (χ3n) is 5.00. The van der Waals surface area contributed by atoms with Gasteiger partial charge in [0.25, 0.3) is 11.8 Å². The first kappa shape index (κ1) is 22.5. The molecule has 1 amide bonds. The largest absolute Gasteiger partial charge is 0.488 e. The zero-order chi connectivity index (χ0) is 23.2. The van der Waals surface area contributed by atoms with Gasteiger partial charge in [-0.25, -0.2) is 23.7 Å². The van der Waals surface area contributed by atoms with Crippen LogP contribution in [0.15, 0.2) is 49.4 Å². The number of piperidine rings is 1. The lowest BCUT2D eigenvalue weighted by atomic mass is 9.92. The van der Waals surface area contributed by atoms with E-state index in [0.717, 1.165) is 6.20 Å². The van der Waals surface area contributed by atoms with Crippen molar-refractivity contribution < 1.29 is 23.0 Å². The molecule has 1 aliphatic rings. The van der Waals surface area contributed by atoms with Crippen LogP contribution in [-0.2, 0) is 0 Å². The van der Waals surface area contributed by atoms with E-state index in [1.54, 1.807) is 19.2 Å². The Balaban J connectivity index is 1.55. The van der Waals surface area contributed by atoms with Crippen molar-refractivity contribution in [3.05, 3.63) is 66.4 Å². The molecular weight excluding hydrogens is 434 g/mol. The van der Waals surface area contributed by atoms with Crippen LogP contribution >= 0.6 is 0 Å². The number of halogens is 2. The highest BCUT2D eigenvalue weighted by Crippen LogP contribution is 2.32. The predicted molar refractivity (Wildman–Crippen MR) is 113 cm³/mol. The van der Waals surface area contributed by atoms with Crippen molar-refractivity contribution in [2.75, 3.05) is 13.2 Å². The van der Waals surface area contributed by atoms with E-state index in [2.05, 4.69) is 30.6 Å². The molecular formula is C22H22F2N6O3. The van der Waals surface area contributed by atoms with E-state index < -0.39 is 30.0 Å². The Kier molecular flexibility index (Phi) is 6.98. The minimum absolute atomic E-state index is 0.0894. The molecule has 1 fully saturated rings. The van der Waals surface area contributed by atoms with Crippen molar-refractivity contribution in [3.8, 4) is 17.4 Å². The average Bonchev–Trinajstić information content (AvgIpc) is 2.82. The molecule has 9 nitrogen and oxygen atoms in total. The SMILES string of the molecule is CCOc1cc(F)cnc1Oc1cncc(C2NC[C@@H](F)C[C@@H]2NC(=O)c2cncnc2)c1. The van der Waals surface area contributed by atoms with Crippen LogP contribution in [0, 0.1) is 5.82 Å². The van der Waals surface area contributed by atoms with E-state index in [9.17, 15) is 13.6 Å². The zero-order valence-corrected chi connectivity index (χ0v) is 17.7. The summed E-state index contributed by atoms with van der Waals surface area (Å²) in [6, 6.07) is 1.91. The van der Waals surface area contributed by atoms with E-state index in [4.69, 9.17) is 9.47 Å². The van der Waals surface area contributed by atoms with Gasteiger partial charge in [0.05, 0.1) is 36.6 Å². The molecule has 0 saturated carbocycles. The van der Waals surface area contributed by atoms with Gasteiger partial charge < -0.3 is 20.1 Å². The molecule has 3 atom stereocenters. The molecule has 3 aromatic rings. The molecule has 1 aliphatic heterocycles. The van der Waals surface area contributed by atoms with Gasteiger partial charge in [-0.05, 0) is 18.6 Å². The van der Waals surface area contributed by atoms with Crippen LogP contribution < -0.4 is 20.1 Å². The van der Waals surface area contributed by atoms with Gasteiger partial charge in [-0.2, -0.15) is 0 Å². The summed E-state index contributed by atoms with van der Waals surface area (Å²) in [5, 5.41) is 5.97. The number of carbonyl (C=O) groups excluding carboxylic acids is 1. The monoisotopic (exact) mass is 456 g/mol. The number of pyridine rings is 2. The molecule has 0 radical (unpaired) electrons. The molecule has 1 saturated heterocycles. The molecule has 0 aromatic carbocycles. The summed E-state index contributed by atoms with van der Waals surface area (Å²) >= 11 is 0. The lowest BCUT2D eigenvalue weighted by molar-refractivity contribution is 0.0895. The first-order valence-electron chi connectivity index (χ1n) is 10.4. The van der Waals surface area contributed by atoms with Crippen LogP contribution in [0.5, 0.6) is 17.4 Å². The third-order valence-corrected chi connectivity index (χ3v) is 5.00. The number of aromatic nitrogens is 4.